The lowest BCUT2D eigenvalue weighted by Crippen LogP contribution is -2.40. The molecule has 2 fully saturated rings. The number of ether oxygens (including phenoxy) is 1. The zero-order chi connectivity index (χ0) is 15.7. The van der Waals surface area contributed by atoms with E-state index in [2.05, 4.69) is 36.5 Å². The molecule has 0 unspecified atom stereocenters. The van der Waals surface area contributed by atoms with Crippen molar-refractivity contribution in [3.05, 3.63) is 11.1 Å². The second-order valence-electron chi connectivity index (χ2n) is 7.68. The van der Waals surface area contributed by atoms with Gasteiger partial charge in [-0.25, -0.2) is 4.98 Å². The van der Waals surface area contributed by atoms with Gasteiger partial charge in [-0.3, -0.25) is 4.79 Å². The highest BCUT2D eigenvalue weighted by Gasteiger charge is 2.40. The molecule has 1 amide bonds. The zero-order valence-corrected chi connectivity index (χ0v) is 14.5. The number of thiazole rings is 1. The number of carbonyl (C=O) groups excluding carboxylic acids is 1. The molecule has 1 aromatic heterocycles. The summed E-state index contributed by atoms with van der Waals surface area (Å²) >= 11 is 1.55. The van der Waals surface area contributed by atoms with E-state index >= 15 is 0 Å². The van der Waals surface area contributed by atoms with Crippen molar-refractivity contribution in [1.29, 1.82) is 0 Å². The van der Waals surface area contributed by atoms with E-state index in [9.17, 15) is 4.79 Å². The standard InChI is InChI=1S/C17H26N2O2S/c1-17(2,3)13-8-12(9-13)15(20)19-16-18-14(10-22-16)11-4-6-21-7-5-11/h10-13H,4-9H2,1-3H3,(H,18,19,20). The average Bonchev–Trinajstić information content (AvgIpc) is 2.84. The molecule has 1 aromatic rings. The first-order valence-electron chi connectivity index (χ1n) is 8.27. The molecule has 3 rings (SSSR count). The van der Waals surface area contributed by atoms with Crippen LogP contribution in [0.3, 0.4) is 0 Å². The quantitative estimate of drug-likeness (QED) is 0.913. The maximum absolute atomic E-state index is 12.3. The van der Waals surface area contributed by atoms with E-state index in [1.165, 1.54) is 0 Å². The number of amides is 1. The van der Waals surface area contributed by atoms with Crippen LogP contribution in [-0.2, 0) is 9.53 Å². The molecule has 2 heterocycles. The molecule has 0 aromatic carbocycles. The van der Waals surface area contributed by atoms with Crippen LogP contribution in [0.4, 0.5) is 5.13 Å². The van der Waals surface area contributed by atoms with Crippen LogP contribution in [0, 0.1) is 17.3 Å². The molecule has 1 saturated carbocycles. The molecule has 2 aliphatic rings. The molecule has 1 aliphatic heterocycles. The van der Waals surface area contributed by atoms with Gasteiger partial charge in [0.05, 0.1) is 5.69 Å². The van der Waals surface area contributed by atoms with Gasteiger partial charge in [-0.1, -0.05) is 20.8 Å². The first-order chi connectivity index (χ1) is 10.4. The smallest absolute Gasteiger partial charge is 0.229 e. The summed E-state index contributed by atoms with van der Waals surface area (Å²) in [4.78, 5) is 16.9. The highest BCUT2D eigenvalue weighted by atomic mass is 32.1. The number of aromatic nitrogens is 1. The van der Waals surface area contributed by atoms with Gasteiger partial charge >= 0.3 is 0 Å². The second-order valence-corrected chi connectivity index (χ2v) is 8.54. The predicted molar refractivity (Wildman–Crippen MR) is 89.2 cm³/mol. The molecule has 1 saturated heterocycles. The molecule has 0 bridgehead atoms. The number of nitrogens with one attached hydrogen (secondary N) is 1. The summed E-state index contributed by atoms with van der Waals surface area (Å²) in [5.41, 5.74) is 1.43. The van der Waals surface area contributed by atoms with Crippen LogP contribution in [0.1, 0.15) is 58.1 Å². The monoisotopic (exact) mass is 322 g/mol. The highest BCUT2D eigenvalue weighted by molar-refractivity contribution is 7.13. The summed E-state index contributed by atoms with van der Waals surface area (Å²) in [6, 6.07) is 0. The first kappa shape index (κ1) is 15.9. The minimum atomic E-state index is 0.147. The Balaban J connectivity index is 1.51. The summed E-state index contributed by atoms with van der Waals surface area (Å²) in [6.07, 6.45) is 4.08. The van der Waals surface area contributed by atoms with Crippen LogP contribution >= 0.6 is 11.3 Å². The van der Waals surface area contributed by atoms with E-state index in [0.717, 1.165) is 49.7 Å². The van der Waals surface area contributed by atoms with Gasteiger partial charge in [0, 0.05) is 30.4 Å². The van der Waals surface area contributed by atoms with Gasteiger partial charge in [0.1, 0.15) is 0 Å². The van der Waals surface area contributed by atoms with E-state index in [-0.39, 0.29) is 11.8 Å². The Morgan fingerprint density at radius 3 is 2.64 bits per heavy atom. The lowest BCUT2D eigenvalue weighted by molar-refractivity contribution is -0.125. The van der Waals surface area contributed by atoms with Crippen molar-refractivity contribution in [3.8, 4) is 0 Å². The molecular weight excluding hydrogens is 296 g/mol. The summed E-state index contributed by atoms with van der Waals surface area (Å²) in [6.45, 7) is 8.41. The second kappa shape index (κ2) is 6.28. The number of carbonyl (C=O) groups is 1. The molecule has 1 aliphatic carbocycles. The molecule has 0 spiro atoms. The lowest BCUT2D eigenvalue weighted by Gasteiger charge is -2.42. The fourth-order valence-electron chi connectivity index (χ4n) is 3.27. The molecule has 0 radical (unpaired) electrons. The van der Waals surface area contributed by atoms with Crippen molar-refractivity contribution in [2.45, 2.75) is 52.4 Å². The summed E-state index contributed by atoms with van der Waals surface area (Å²) < 4.78 is 5.39. The number of anilines is 1. The molecule has 0 atom stereocenters. The third-order valence-corrected chi connectivity index (χ3v) is 5.90. The minimum absolute atomic E-state index is 0.147. The van der Waals surface area contributed by atoms with Crippen LogP contribution < -0.4 is 5.32 Å². The molecule has 22 heavy (non-hydrogen) atoms. The van der Waals surface area contributed by atoms with Crippen LogP contribution in [0.5, 0.6) is 0 Å². The Morgan fingerprint density at radius 2 is 2.00 bits per heavy atom. The fraction of sp³-hybridized carbons (Fsp3) is 0.765. The largest absolute Gasteiger partial charge is 0.381 e. The van der Waals surface area contributed by atoms with E-state index < -0.39 is 0 Å². The van der Waals surface area contributed by atoms with Crippen molar-refractivity contribution >= 4 is 22.4 Å². The van der Waals surface area contributed by atoms with Crippen LogP contribution in [0.25, 0.3) is 0 Å². The molecule has 1 N–H and O–H groups in total. The van der Waals surface area contributed by atoms with Gasteiger partial charge in [0.15, 0.2) is 5.13 Å². The topological polar surface area (TPSA) is 51.2 Å². The van der Waals surface area contributed by atoms with Crippen LogP contribution in [0.15, 0.2) is 5.38 Å². The van der Waals surface area contributed by atoms with Crippen LogP contribution in [0.2, 0.25) is 0 Å². The average molecular weight is 322 g/mol. The Morgan fingerprint density at radius 1 is 1.32 bits per heavy atom. The van der Waals surface area contributed by atoms with Gasteiger partial charge in [-0.05, 0) is 37.0 Å². The maximum atomic E-state index is 12.3. The van der Waals surface area contributed by atoms with Crippen LogP contribution in [-0.4, -0.2) is 24.1 Å². The Hall–Kier alpha value is -0.940. The highest BCUT2D eigenvalue weighted by Crippen LogP contribution is 2.45. The molecule has 122 valence electrons. The van der Waals surface area contributed by atoms with E-state index in [4.69, 9.17) is 4.74 Å². The predicted octanol–water partition coefficient (Wildman–Crippen LogP) is 4.05. The lowest BCUT2D eigenvalue weighted by atomic mass is 9.63. The summed E-state index contributed by atoms with van der Waals surface area (Å²) in [5.74, 6) is 1.47. The number of hydrogen-bond donors (Lipinski definition) is 1. The van der Waals surface area contributed by atoms with Crippen molar-refractivity contribution in [2.75, 3.05) is 18.5 Å². The maximum Gasteiger partial charge on any atom is 0.229 e. The minimum Gasteiger partial charge on any atom is -0.381 e. The third kappa shape index (κ3) is 3.51. The first-order valence-corrected chi connectivity index (χ1v) is 9.15. The van der Waals surface area contributed by atoms with Gasteiger partial charge in [-0.15, -0.1) is 11.3 Å². The third-order valence-electron chi connectivity index (χ3n) is 5.13. The van der Waals surface area contributed by atoms with Gasteiger partial charge in [0.25, 0.3) is 0 Å². The molecule has 4 nitrogen and oxygen atoms in total. The van der Waals surface area contributed by atoms with Crippen molar-refractivity contribution in [1.82, 2.24) is 4.98 Å². The summed E-state index contributed by atoms with van der Waals surface area (Å²) in [5, 5.41) is 5.86. The number of hydrogen-bond acceptors (Lipinski definition) is 4. The van der Waals surface area contributed by atoms with E-state index in [1.807, 2.05) is 0 Å². The van der Waals surface area contributed by atoms with Crippen molar-refractivity contribution in [3.63, 3.8) is 0 Å². The van der Waals surface area contributed by atoms with Gasteiger partial charge < -0.3 is 10.1 Å². The number of rotatable bonds is 3. The van der Waals surface area contributed by atoms with Crippen molar-refractivity contribution < 1.29 is 9.53 Å². The summed E-state index contributed by atoms with van der Waals surface area (Å²) in [7, 11) is 0. The zero-order valence-electron chi connectivity index (χ0n) is 13.7. The normalized spacial score (nSPS) is 26.5. The van der Waals surface area contributed by atoms with Gasteiger partial charge in [-0.2, -0.15) is 0 Å². The Kier molecular flexibility index (Phi) is 4.55. The Bertz CT molecular complexity index is 523. The SMILES string of the molecule is CC(C)(C)C1CC(C(=O)Nc2nc(C3CCOCC3)cs2)C1. The molecular formula is C17H26N2O2S. The van der Waals surface area contributed by atoms with Crippen molar-refractivity contribution in [2.24, 2.45) is 17.3 Å². The van der Waals surface area contributed by atoms with E-state index in [0.29, 0.717) is 17.3 Å². The van der Waals surface area contributed by atoms with E-state index in [1.54, 1.807) is 11.3 Å². The molecule has 5 heteroatoms. The number of nitrogens with zero attached hydrogens (tertiary/aromatic N) is 1. The Labute approximate surface area is 136 Å². The fourth-order valence-corrected chi connectivity index (χ4v) is 4.07. The van der Waals surface area contributed by atoms with Gasteiger partial charge in [0.2, 0.25) is 5.91 Å².